The van der Waals surface area contributed by atoms with E-state index in [1.54, 1.807) is 12.1 Å². The van der Waals surface area contributed by atoms with Crippen molar-refractivity contribution >= 4 is 15.9 Å². The molecule has 25 heavy (non-hydrogen) atoms. The molecule has 0 N–H and O–H groups in total. The largest absolute Gasteiger partial charge is 0.340 e. The fourth-order valence-electron chi connectivity index (χ4n) is 3.52. The second-order valence-corrected chi connectivity index (χ2v) is 9.06. The minimum atomic E-state index is -3.47. The molecule has 2 aliphatic rings. The van der Waals surface area contributed by atoms with Crippen molar-refractivity contribution < 1.29 is 13.2 Å². The Morgan fingerprint density at radius 1 is 0.960 bits per heavy atom. The third-order valence-corrected chi connectivity index (χ3v) is 7.19. The quantitative estimate of drug-likeness (QED) is 0.807. The number of piperazine rings is 1. The van der Waals surface area contributed by atoms with Gasteiger partial charge in [-0.3, -0.25) is 4.79 Å². The molecule has 6 nitrogen and oxygen atoms in total. The maximum atomic E-state index is 12.7. The van der Waals surface area contributed by atoms with Crippen molar-refractivity contribution in [2.75, 3.05) is 46.3 Å². The number of benzene rings is 1. The number of sulfonamides is 1. The summed E-state index contributed by atoms with van der Waals surface area (Å²) in [5, 5.41) is 0. The average molecular weight is 365 g/mol. The van der Waals surface area contributed by atoms with Crippen molar-refractivity contribution in [1.29, 1.82) is 0 Å². The highest BCUT2D eigenvalue weighted by Crippen LogP contribution is 2.22. The first kappa shape index (κ1) is 18.4. The van der Waals surface area contributed by atoms with Crippen LogP contribution in [0.2, 0.25) is 0 Å². The number of likely N-dealkylation sites (tertiary alicyclic amines) is 1. The van der Waals surface area contributed by atoms with Gasteiger partial charge in [0.25, 0.3) is 0 Å². The maximum absolute atomic E-state index is 12.7. The Kier molecular flexibility index (Phi) is 5.46. The van der Waals surface area contributed by atoms with Crippen LogP contribution in [0.5, 0.6) is 0 Å². The van der Waals surface area contributed by atoms with E-state index in [-0.39, 0.29) is 11.8 Å². The number of rotatable bonds is 3. The van der Waals surface area contributed by atoms with Crippen LogP contribution in [0.1, 0.15) is 18.4 Å². The highest BCUT2D eigenvalue weighted by Gasteiger charge is 2.33. The van der Waals surface area contributed by atoms with Crippen molar-refractivity contribution in [2.45, 2.75) is 24.7 Å². The number of nitrogens with zero attached hydrogens (tertiary/aromatic N) is 3. The van der Waals surface area contributed by atoms with Gasteiger partial charge in [0.15, 0.2) is 0 Å². The van der Waals surface area contributed by atoms with Gasteiger partial charge in [0.2, 0.25) is 15.9 Å². The Morgan fingerprint density at radius 3 is 2.08 bits per heavy atom. The predicted molar refractivity (Wildman–Crippen MR) is 96.7 cm³/mol. The van der Waals surface area contributed by atoms with E-state index in [9.17, 15) is 13.2 Å². The molecule has 0 aliphatic carbocycles. The second kappa shape index (κ2) is 7.43. The molecule has 0 unspecified atom stereocenters. The number of piperidine rings is 1. The molecule has 0 spiro atoms. The highest BCUT2D eigenvalue weighted by molar-refractivity contribution is 7.89. The van der Waals surface area contributed by atoms with Gasteiger partial charge in [-0.05, 0) is 52.0 Å². The zero-order chi connectivity index (χ0) is 18.0. The predicted octanol–water partition coefficient (Wildman–Crippen LogP) is 1.17. The van der Waals surface area contributed by atoms with Crippen molar-refractivity contribution in [3.63, 3.8) is 0 Å². The number of carbonyl (C=O) groups excluding carboxylic acids is 1. The minimum absolute atomic E-state index is 0.0939. The van der Waals surface area contributed by atoms with E-state index in [1.165, 1.54) is 4.31 Å². The van der Waals surface area contributed by atoms with E-state index in [0.29, 0.717) is 31.1 Å². The smallest absolute Gasteiger partial charge is 0.243 e. The molecule has 3 rings (SSSR count). The summed E-state index contributed by atoms with van der Waals surface area (Å²) in [5.41, 5.74) is 1.03. The van der Waals surface area contributed by atoms with Crippen LogP contribution in [0.3, 0.4) is 0 Å². The first-order valence-corrected chi connectivity index (χ1v) is 10.4. The fraction of sp³-hybridized carbons (Fsp3) is 0.611. The van der Waals surface area contributed by atoms with Gasteiger partial charge in [-0.2, -0.15) is 4.31 Å². The van der Waals surface area contributed by atoms with E-state index in [0.717, 1.165) is 31.5 Å². The van der Waals surface area contributed by atoms with Crippen LogP contribution in [-0.4, -0.2) is 74.7 Å². The topological polar surface area (TPSA) is 60.9 Å². The average Bonchev–Trinajstić information content (AvgIpc) is 2.62. The summed E-state index contributed by atoms with van der Waals surface area (Å²) >= 11 is 0. The first-order valence-electron chi connectivity index (χ1n) is 8.92. The molecule has 1 aromatic rings. The summed E-state index contributed by atoms with van der Waals surface area (Å²) in [6.07, 6.45) is 1.80. The molecular formula is C18H27N3O3S. The van der Waals surface area contributed by atoms with Gasteiger partial charge < -0.3 is 9.80 Å². The van der Waals surface area contributed by atoms with Gasteiger partial charge in [-0.15, -0.1) is 0 Å². The third kappa shape index (κ3) is 4.04. The second-order valence-electron chi connectivity index (χ2n) is 7.12. The van der Waals surface area contributed by atoms with Crippen LogP contribution >= 0.6 is 0 Å². The lowest BCUT2D eigenvalue weighted by Crippen LogP contribution is -2.52. The zero-order valence-corrected chi connectivity index (χ0v) is 15.8. The Morgan fingerprint density at radius 2 is 1.52 bits per heavy atom. The van der Waals surface area contributed by atoms with Crippen molar-refractivity contribution in [2.24, 2.45) is 5.92 Å². The molecule has 0 atom stereocenters. The number of hydrogen-bond acceptors (Lipinski definition) is 4. The SMILES string of the molecule is Cc1ccc(S(=O)(=O)N2CCN(C(=O)C3CCN(C)CC3)CC2)cc1. The summed E-state index contributed by atoms with van der Waals surface area (Å²) in [5.74, 6) is 0.289. The van der Waals surface area contributed by atoms with Crippen LogP contribution in [0.15, 0.2) is 29.2 Å². The van der Waals surface area contributed by atoms with Gasteiger partial charge in [0.1, 0.15) is 0 Å². The lowest BCUT2D eigenvalue weighted by atomic mass is 9.95. The van der Waals surface area contributed by atoms with Crippen molar-refractivity contribution in [1.82, 2.24) is 14.1 Å². The zero-order valence-electron chi connectivity index (χ0n) is 15.0. The Hall–Kier alpha value is -1.44. The molecule has 1 amide bonds. The summed E-state index contributed by atoms with van der Waals surface area (Å²) in [6, 6.07) is 6.93. The minimum Gasteiger partial charge on any atom is -0.340 e. The third-order valence-electron chi connectivity index (χ3n) is 5.28. The number of carbonyl (C=O) groups is 1. The highest BCUT2D eigenvalue weighted by atomic mass is 32.2. The van der Waals surface area contributed by atoms with E-state index < -0.39 is 10.0 Å². The molecule has 0 radical (unpaired) electrons. The molecule has 2 saturated heterocycles. The molecule has 1 aromatic carbocycles. The summed E-state index contributed by atoms with van der Waals surface area (Å²) < 4.78 is 27.0. The van der Waals surface area contributed by atoms with E-state index in [4.69, 9.17) is 0 Å². The molecule has 0 saturated carbocycles. The number of aryl methyl sites for hydroxylation is 1. The van der Waals surface area contributed by atoms with E-state index in [2.05, 4.69) is 11.9 Å². The van der Waals surface area contributed by atoms with Gasteiger partial charge in [0.05, 0.1) is 4.90 Å². The van der Waals surface area contributed by atoms with Gasteiger partial charge in [-0.1, -0.05) is 17.7 Å². The van der Waals surface area contributed by atoms with Crippen LogP contribution in [0.25, 0.3) is 0 Å². The molecule has 2 fully saturated rings. The summed E-state index contributed by atoms with van der Waals surface area (Å²) in [7, 11) is -1.39. The van der Waals surface area contributed by atoms with Crippen molar-refractivity contribution in [3.8, 4) is 0 Å². The first-order chi connectivity index (χ1) is 11.9. The number of hydrogen-bond donors (Lipinski definition) is 0. The maximum Gasteiger partial charge on any atom is 0.243 e. The Balaban J connectivity index is 1.59. The van der Waals surface area contributed by atoms with Crippen molar-refractivity contribution in [3.05, 3.63) is 29.8 Å². The molecule has 7 heteroatoms. The van der Waals surface area contributed by atoms with Gasteiger partial charge in [0, 0.05) is 32.1 Å². The lowest BCUT2D eigenvalue weighted by molar-refractivity contribution is -0.138. The van der Waals surface area contributed by atoms with Crippen LogP contribution in [0.4, 0.5) is 0 Å². The van der Waals surface area contributed by atoms with E-state index in [1.807, 2.05) is 24.0 Å². The molecular weight excluding hydrogens is 338 g/mol. The number of amides is 1. The van der Waals surface area contributed by atoms with Crippen LogP contribution in [-0.2, 0) is 14.8 Å². The normalized spacial score (nSPS) is 21.4. The molecule has 2 aliphatic heterocycles. The van der Waals surface area contributed by atoms with Gasteiger partial charge in [-0.25, -0.2) is 8.42 Å². The Labute approximate surface area is 150 Å². The van der Waals surface area contributed by atoms with Crippen LogP contribution < -0.4 is 0 Å². The molecule has 2 heterocycles. The molecule has 0 bridgehead atoms. The summed E-state index contributed by atoms with van der Waals surface area (Å²) in [6.45, 7) is 5.55. The van der Waals surface area contributed by atoms with E-state index >= 15 is 0 Å². The standard InChI is InChI=1S/C18H27N3O3S/c1-15-3-5-17(6-4-15)25(23,24)21-13-11-20(12-14-21)18(22)16-7-9-19(2)10-8-16/h3-6,16H,7-14H2,1-2H3. The monoisotopic (exact) mass is 365 g/mol. The summed E-state index contributed by atoms with van der Waals surface area (Å²) in [4.78, 5) is 17.1. The fourth-order valence-corrected chi connectivity index (χ4v) is 4.94. The van der Waals surface area contributed by atoms with Crippen LogP contribution in [0, 0.1) is 12.8 Å². The molecule has 138 valence electrons. The molecule has 0 aromatic heterocycles. The Bertz CT molecular complexity index is 702. The lowest BCUT2D eigenvalue weighted by Gasteiger charge is -2.37. The van der Waals surface area contributed by atoms with Gasteiger partial charge >= 0.3 is 0 Å².